The molecule has 2 aromatic rings. The first kappa shape index (κ1) is 21.7. The number of hydrogen-bond donors (Lipinski definition) is 3. The lowest BCUT2D eigenvalue weighted by Gasteiger charge is -2.18. The highest BCUT2D eigenvalue weighted by Gasteiger charge is 2.08. The second-order valence-corrected chi connectivity index (χ2v) is 6.48. The van der Waals surface area contributed by atoms with Crippen LogP contribution < -0.4 is 16.0 Å². The van der Waals surface area contributed by atoms with Gasteiger partial charge in [0.05, 0.1) is 5.02 Å². The normalized spacial score (nSPS) is 10.6. The average Bonchev–Trinajstić information content (AvgIpc) is 2.68. The van der Waals surface area contributed by atoms with Gasteiger partial charge in [0.25, 0.3) is 5.91 Å². The van der Waals surface area contributed by atoms with Crippen LogP contribution in [0.3, 0.4) is 0 Å². The predicted molar refractivity (Wildman–Crippen MR) is 111 cm³/mol. The van der Waals surface area contributed by atoms with Gasteiger partial charge in [-0.2, -0.15) is 0 Å². The van der Waals surface area contributed by atoms with Gasteiger partial charge in [0.2, 0.25) is 0 Å². The molecule has 2 aromatic carbocycles. The summed E-state index contributed by atoms with van der Waals surface area (Å²) in [6.07, 6.45) is 0. The molecule has 0 unspecified atom stereocenters. The third-order valence-corrected chi connectivity index (χ3v) is 4.48. The zero-order valence-corrected chi connectivity index (χ0v) is 16.6. The molecular formula is C20H24ClFN4O2. The minimum atomic E-state index is -0.557. The third kappa shape index (κ3) is 6.51. The molecule has 8 heteroatoms. The Bertz CT molecular complexity index is 810. The van der Waals surface area contributed by atoms with E-state index in [1.807, 2.05) is 0 Å². The third-order valence-electron chi connectivity index (χ3n) is 4.19. The van der Waals surface area contributed by atoms with E-state index in [9.17, 15) is 14.0 Å². The molecule has 0 saturated heterocycles. The number of benzene rings is 2. The van der Waals surface area contributed by atoms with E-state index in [4.69, 9.17) is 11.6 Å². The van der Waals surface area contributed by atoms with Crippen molar-refractivity contribution in [1.82, 2.24) is 10.2 Å². The Morgan fingerprint density at radius 1 is 1.00 bits per heavy atom. The number of rotatable bonds is 8. The van der Waals surface area contributed by atoms with Crippen LogP contribution in [0.5, 0.6) is 0 Å². The molecule has 0 heterocycles. The van der Waals surface area contributed by atoms with Crippen molar-refractivity contribution in [3.05, 3.63) is 58.9 Å². The molecule has 0 saturated carbocycles. The van der Waals surface area contributed by atoms with Crippen LogP contribution >= 0.6 is 11.6 Å². The SMILES string of the molecule is CCN(CC)CCNC(=O)c1ccc(NC(=O)Nc2ccc(F)c(Cl)c2)cc1. The summed E-state index contributed by atoms with van der Waals surface area (Å²) in [5.41, 5.74) is 1.40. The lowest BCUT2D eigenvalue weighted by molar-refractivity contribution is 0.0949. The second kappa shape index (κ2) is 10.6. The summed E-state index contributed by atoms with van der Waals surface area (Å²) in [7, 11) is 0. The molecule has 150 valence electrons. The summed E-state index contributed by atoms with van der Waals surface area (Å²) in [6.45, 7) is 7.42. The molecule has 0 aliphatic rings. The molecule has 0 aromatic heterocycles. The molecule has 2 rings (SSSR count). The largest absolute Gasteiger partial charge is 0.351 e. The lowest BCUT2D eigenvalue weighted by atomic mass is 10.2. The first-order chi connectivity index (χ1) is 13.4. The Morgan fingerprint density at radius 3 is 2.21 bits per heavy atom. The summed E-state index contributed by atoms with van der Waals surface area (Å²) >= 11 is 5.69. The Hall–Kier alpha value is -2.64. The van der Waals surface area contributed by atoms with Gasteiger partial charge in [-0.05, 0) is 55.6 Å². The number of nitrogens with zero attached hydrogens (tertiary/aromatic N) is 1. The molecule has 3 amide bonds. The summed E-state index contributed by atoms with van der Waals surface area (Å²) in [6, 6.07) is 9.95. The summed E-state index contributed by atoms with van der Waals surface area (Å²) < 4.78 is 13.1. The van der Waals surface area contributed by atoms with Crippen molar-refractivity contribution in [2.45, 2.75) is 13.8 Å². The number of anilines is 2. The molecule has 0 fully saturated rings. The van der Waals surface area contributed by atoms with E-state index >= 15 is 0 Å². The van der Waals surface area contributed by atoms with Gasteiger partial charge in [0.1, 0.15) is 5.82 Å². The molecule has 0 aliphatic heterocycles. The Morgan fingerprint density at radius 2 is 1.61 bits per heavy atom. The van der Waals surface area contributed by atoms with E-state index in [-0.39, 0.29) is 10.9 Å². The van der Waals surface area contributed by atoms with Gasteiger partial charge < -0.3 is 20.9 Å². The molecular weight excluding hydrogens is 383 g/mol. The van der Waals surface area contributed by atoms with Crippen LogP contribution in [0.15, 0.2) is 42.5 Å². The Labute approximate surface area is 169 Å². The van der Waals surface area contributed by atoms with Crippen molar-refractivity contribution in [1.29, 1.82) is 0 Å². The van der Waals surface area contributed by atoms with Crippen LogP contribution in [0.1, 0.15) is 24.2 Å². The molecule has 28 heavy (non-hydrogen) atoms. The number of urea groups is 1. The van der Waals surface area contributed by atoms with E-state index in [2.05, 4.69) is 34.7 Å². The van der Waals surface area contributed by atoms with Crippen molar-refractivity contribution in [3.8, 4) is 0 Å². The van der Waals surface area contributed by atoms with Gasteiger partial charge in [-0.15, -0.1) is 0 Å². The minimum absolute atomic E-state index is 0.0749. The number of amides is 3. The summed E-state index contributed by atoms with van der Waals surface area (Å²) in [4.78, 5) is 26.4. The fourth-order valence-corrected chi connectivity index (χ4v) is 2.72. The Balaban J connectivity index is 1.85. The second-order valence-electron chi connectivity index (χ2n) is 6.07. The van der Waals surface area contributed by atoms with Crippen molar-refractivity contribution in [2.24, 2.45) is 0 Å². The van der Waals surface area contributed by atoms with Gasteiger partial charge in [-0.3, -0.25) is 4.79 Å². The molecule has 6 nitrogen and oxygen atoms in total. The summed E-state index contributed by atoms with van der Waals surface area (Å²) in [5, 5.41) is 8.00. The van der Waals surface area contributed by atoms with Crippen molar-refractivity contribution < 1.29 is 14.0 Å². The zero-order valence-electron chi connectivity index (χ0n) is 15.9. The monoisotopic (exact) mass is 406 g/mol. The Kier molecular flexibility index (Phi) is 8.22. The van der Waals surface area contributed by atoms with E-state index < -0.39 is 11.8 Å². The van der Waals surface area contributed by atoms with Crippen LogP contribution in [0.4, 0.5) is 20.6 Å². The standard InChI is InChI=1S/C20H24ClFN4O2/c1-3-26(4-2)12-11-23-19(27)14-5-7-15(8-6-14)24-20(28)25-16-9-10-18(22)17(21)13-16/h5-10,13H,3-4,11-12H2,1-2H3,(H,23,27)(H2,24,25,28). The maximum Gasteiger partial charge on any atom is 0.323 e. The molecule has 0 atom stereocenters. The number of carbonyl (C=O) groups excluding carboxylic acids is 2. The number of hydrogen-bond acceptors (Lipinski definition) is 3. The highest BCUT2D eigenvalue weighted by Crippen LogP contribution is 2.19. The lowest BCUT2D eigenvalue weighted by Crippen LogP contribution is -2.34. The van der Waals surface area contributed by atoms with E-state index in [1.165, 1.54) is 18.2 Å². The maximum absolute atomic E-state index is 13.1. The van der Waals surface area contributed by atoms with Gasteiger partial charge in [-0.25, -0.2) is 9.18 Å². The highest BCUT2D eigenvalue weighted by atomic mass is 35.5. The number of nitrogens with one attached hydrogen (secondary N) is 3. The fourth-order valence-electron chi connectivity index (χ4n) is 2.54. The van der Waals surface area contributed by atoms with Crippen LogP contribution in [0.2, 0.25) is 5.02 Å². The first-order valence-electron chi connectivity index (χ1n) is 9.06. The van der Waals surface area contributed by atoms with E-state index in [0.29, 0.717) is 23.5 Å². The van der Waals surface area contributed by atoms with Crippen LogP contribution in [0.25, 0.3) is 0 Å². The first-order valence-corrected chi connectivity index (χ1v) is 9.44. The number of likely N-dealkylation sites (N-methyl/N-ethyl adjacent to an activating group) is 1. The number of carbonyl (C=O) groups is 2. The molecule has 0 bridgehead atoms. The number of halogens is 2. The maximum atomic E-state index is 13.1. The zero-order chi connectivity index (χ0) is 20.5. The quantitative estimate of drug-likeness (QED) is 0.615. The van der Waals surface area contributed by atoms with Gasteiger partial charge in [-0.1, -0.05) is 25.4 Å². The van der Waals surface area contributed by atoms with Crippen molar-refractivity contribution in [2.75, 3.05) is 36.8 Å². The minimum Gasteiger partial charge on any atom is -0.351 e. The van der Waals surface area contributed by atoms with Crippen LogP contribution in [-0.2, 0) is 0 Å². The van der Waals surface area contributed by atoms with Crippen molar-refractivity contribution >= 4 is 34.9 Å². The molecule has 0 spiro atoms. The topological polar surface area (TPSA) is 73.5 Å². The summed E-state index contributed by atoms with van der Waals surface area (Å²) in [5.74, 6) is -0.720. The highest BCUT2D eigenvalue weighted by molar-refractivity contribution is 6.31. The predicted octanol–water partition coefficient (Wildman–Crippen LogP) is 4.19. The van der Waals surface area contributed by atoms with E-state index in [1.54, 1.807) is 24.3 Å². The van der Waals surface area contributed by atoms with Crippen LogP contribution in [0, 0.1) is 5.82 Å². The van der Waals surface area contributed by atoms with Gasteiger partial charge in [0, 0.05) is 30.0 Å². The molecule has 0 radical (unpaired) electrons. The van der Waals surface area contributed by atoms with E-state index in [0.717, 1.165) is 19.6 Å². The van der Waals surface area contributed by atoms with Gasteiger partial charge in [0.15, 0.2) is 0 Å². The fraction of sp³-hybridized carbons (Fsp3) is 0.300. The van der Waals surface area contributed by atoms with Crippen LogP contribution in [-0.4, -0.2) is 43.0 Å². The smallest absolute Gasteiger partial charge is 0.323 e. The van der Waals surface area contributed by atoms with Gasteiger partial charge >= 0.3 is 6.03 Å². The van der Waals surface area contributed by atoms with Crippen molar-refractivity contribution in [3.63, 3.8) is 0 Å². The molecule has 3 N–H and O–H groups in total. The molecule has 0 aliphatic carbocycles. The average molecular weight is 407 g/mol.